The normalized spacial score (nSPS) is 12.3. The first kappa shape index (κ1) is 31.6. The molecule has 2 aromatic rings. The number of rotatable bonds is 3. The van der Waals surface area contributed by atoms with E-state index in [4.69, 9.17) is 17.2 Å². The Morgan fingerprint density at radius 1 is 0.857 bits per heavy atom. The van der Waals surface area contributed by atoms with Gasteiger partial charge in [0.1, 0.15) is 11.4 Å². The molecule has 3 rings (SSSR count). The summed E-state index contributed by atoms with van der Waals surface area (Å²) in [5.41, 5.74) is 18.7. The summed E-state index contributed by atoms with van der Waals surface area (Å²) in [6.07, 6.45) is 8.28. The Labute approximate surface area is 210 Å². The van der Waals surface area contributed by atoms with Crippen molar-refractivity contribution < 1.29 is 14.3 Å². The monoisotopic (exact) mass is 488 g/mol. The number of benzene rings is 1. The third-order valence-electron chi connectivity index (χ3n) is 4.45. The molecule has 1 aromatic carbocycles. The van der Waals surface area contributed by atoms with E-state index in [2.05, 4.69) is 26.3 Å². The van der Waals surface area contributed by atoms with Crippen molar-refractivity contribution in [3.63, 3.8) is 0 Å². The molecule has 0 bridgehead atoms. The maximum Gasteiger partial charge on any atom is 0.405 e. The zero-order valence-corrected chi connectivity index (χ0v) is 22.4. The molecule has 1 saturated carbocycles. The van der Waals surface area contributed by atoms with Gasteiger partial charge in [0, 0.05) is 11.8 Å². The van der Waals surface area contributed by atoms with Crippen LogP contribution < -0.4 is 22.5 Å². The predicted octanol–water partition coefficient (Wildman–Crippen LogP) is 5.77. The minimum atomic E-state index is -0.725. The number of nitrogens with zero attached hydrogens (tertiary/aromatic N) is 2. The first-order valence-electron chi connectivity index (χ1n) is 12.1. The van der Waals surface area contributed by atoms with Crippen molar-refractivity contribution >= 4 is 29.2 Å². The van der Waals surface area contributed by atoms with E-state index in [9.17, 15) is 9.59 Å². The molecular weight excluding hydrogens is 444 g/mol. The molecule has 1 aromatic heterocycles. The summed E-state index contributed by atoms with van der Waals surface area (Å²) < 4.78 is 4.58. The maximum absolute atomic E-state index is 11.3. The topological polar surface area (TPSA) is 159 Å². The Balaban J connectivity index is 0.000000594. The van der Waals surface area contributed by atoms with Gasteiger partial charge in [0.25, 0.3) is 5.91 Å². The van der Waals surface area contributed by atoms with Crippen molar-refractivity contribution in [1.29, 1.82) is 0 Å². The van der Waals surface area contributed by atoms with Crippen LogP contribution in [0.1, 0.15) is 94.8 Å². The molecule has 1 heterocycles. The van der Waals surface area contributed by atoms with Crippen LogP contribution in [0.2, 0.25) is 0 Å². The third-order valence-corrected chi connectivity index (χ3v) is 4.45. The number of hydrogen-bond donors (Lipinski definition) is 4. The van der Waals surface area contributed by atoms with E-state index in [-0.39, 0.29) is 11.5 Å². The fraction of sp³-hybridized carbons (Fsp3) is 0.538. The largest absolute Gasteiger partial charge is 0.444 e. The highest BCUT2D eigenvalue weighted by atomic mass is 16.6. The second-order valence-corrected chi connectivity index (χ2v) is 9.05. The molecule has 196 valence electrons. The highest BCUT2D eigenvalue weighted by Gasteiger charge is 2.13. The predicted molar refractivity (Wildman–Crippen MR) is 144 cm³/mol. The van der Waals surface area contributed by atoms with Crippen molar-refractivity contribution in [1.82, 2.24) is 10.2 Å². The first-order chi connectivity index (χ1) is 16.4. The molecule has 1 aliphatic rings. The smallest absolute Gasteiger partial charge is 0.405 e. The standard InChI is InChI=1S/C13H15N5O.C6H12.C5H11NO2.C2H6/c1-7-3-8(2)5-9(4-7)16-10-6-11(14)17-18-12(10)13(15)19;1-2-4-6-5-3-1;1-5(2,3)8-4(6)7;1-2/h3-6H,1-2H3,(H2,15,19)(H3,14,16,17);1-6H2;1-3H3,(H2,6,7);1-2H3. The molecule has 0 radical (unpaired) electrons. The summed E-state index contributed by atoms with van der Waals surface area (Å²) in [7, 11) is 0. The van der Waals surface area contributed by atoms with Crippen LogP contribution in [0.15, 0.2) is 24.3 Å². The average molecular weight is 489 g/mol. The summed E-state index contributed by atoms with van der Waals surface area (Å²) in [6.45, 7) is 13.3. The second kappa shape index (κ2) is 16.3. The molecule has 9 nitrogen and oxygen atoms in total. The van der Waals surface area contributed by atoms with Crippen molar-refractivity contribution in [2.24, 2.45) is 11.5 Å². The second-order valence-electron chi connectivity index (χ2n) is 9.05. The number of carbonyl (C=O) groups excluding carboxylic acids is 2. The van der Waals surface area contributed by atoms with Crippen LogP contribution in [-0.2, 0) is 4.74 Å². The van der Waals surface area contributed by atoms with E-state index in [0.717, 1.165) is 16.8 Å². The van der Waals surface area contributed by atoms with Gasteiger partial charge in [0.2, 0.25) is 0 Å². The average Bonchev–Trinajstić information content (AvgIpc) is 2.75. The number of hydrogen-bond acceptors (Lipinski definition) is 7. The van der Waals surface area contributed by atoms with E-state index >= 15 is 0 Å². The number of nitrogens with one attached hydrogen (secondary N) is 1. The number of nitrogens with two attached hydrogens (primary N) is 3. The van der Waals surface area contributed by atoms with Crippen LogP contribution in [0.4, 0.5) is 22.0 Å². The lowest BCUT2D eigenvalue weighted by atomic mass is 10.0. The van der Waals surface area contributed by atoms with Crippen molar-refractivity contribution in [2.75, 3.05) is 11.1 Å². The van der Waals surface area contributed by atoms with Crippen LogP contribution in [0, 0.1) is 13.8 Å². The molecule has 0 saturated heterocycles. The molecule has 9 heteroatoms. The lowest BCUT2D eigenvalue weighted by molar-refractivity contribution is 0.0600. The Morgan fingerprint density at radius 2 is 1.31 bits per heavy atom. The molecule has 0 aliphatic heterocycles. The number of primary amides is 2. The molecule has 0 atom stereocenters. The minimum Gasteiger partial charge on any atom is -0.444 e. The third kappa shape index (κ3) is 15.2. The highest BCUT2D eigenvalue weighted by Crippen LogP contribution is 2.22. The Hall–Kier alpha value is -3.36. The molecule has 0 unspecified atom stereocenters. The lowest BCUT2D eigenvalue weighted by Gasteiger charge is -2.16. The Bertz CT molecular complexity index is 890. The molecular formula is C26H44N6O3. The highest BCUT2D eigenvalue weighted by molar-refractivity contribution is 5.97. The van der Waals surface area contributed by atoms with E-state index in [1.54, 1.807) is 20.8 Å². The van der Waals surface area contributed by atoms with Gasteiger partial charge in [-0.25, -0.2) is 4.79 Å². The summed E-state index contributed by atoms with van der Waals surface area (Å²) in [5, 5.41) is 10.4. The molecule has 2 amide bonds. The molecule has 7 N–H and O–H groups in total. The van der Waals surface area contributed by atoms with Gasteiger partial charge in [0.05, 0.1) is 5.69 Å². The number of aryl methyl sites for hydroxylation is 2. The number of ether oxygens (including phenoxy) is 1. The minimum absolute atomic E-state index is 0.0633. The quantitative estimate of drug-likeness (QED) is 0.427. The molecule has 35 heavy (non-hydrogen) atoms. The van der Waals surface area contributed by atoms with Gasteiger partial charge in [-0.1, -0.05) is 58.4 Å². The Morgan fingerprint density at radius 3 is 1.66 bits per heavy atom. The zero-order valence-electron chi connectivity index (χ0n) is 22.4. The van der Waals surface area contributed by atoms with Gasteiger partial charge >= 0.3 is 6.09 Å². The number of carbonyl (C=O) groups is 2. The first-order valence-corrected chi connectivity index (χ1v) is 12.1. The van der Waals surface area contributed by atoms with Gasteiger partial charge in [-0.15, -0.1) is 10.2 Å². The van der Waals surface area contributed by atoms with E-state index in [0.29, 0.717) is 5.69 Å². The number of aromatic nitrogens is 2. The molecule has 1 fully saturated rings. The number of amides is 2. The molecule has 1 aliphatic carbocycles. The molecule has 0 spiro atoms. The SMILES string of the molecule is C1CCCCC1.CC.CC(C)(C)OC(N)=O.Cc1cc(C)cc(Nc2cc(N)nnc2C(N)=O)c1. The zero-order chi connectivity index (χ0) is 27.0. The van der Waals surface area contributed by atoms with Crippen LogP contribution >= 0.6 is 0 Å². The fourth-order valence-corrected chi connectivity index (χ4v) is 3.25. The van der Waals surface area contributed by atoms with Gasteiger partial charge in [-0.05, 0) is 57.9 Å². The van der Waals surface area contributed by atoms with E-state index in [1.807, 2.05) is 39.8 Å². The van der Waals surface area contributed by atoms with Crippen LogP contribution in [-0.4, -0.2) is 27.8 Å². The Kier molecular flexibility index (Phi) is 14.7. The van der Waals surface area contributed by atoms with E-state index in [1.165, 1.54) is 44.6 Å². The van der Waals surface area contributed by atoms with Crippen molar-refractivity contribution in [2.45, 2.75) is 92.6 Å². The van der Waals surface area contributed by atoms with Gasteiger partial charge in [0.15, 0.2) is 5.69 Å². The number of anilines is 3. The van der Waals surface area contributed by atoms with Gasteiger partial charge < -0.3 is 27.3 Å². The maximum atomic E-state index is 11.3. The van der Waals surface area contributed by atoms with Crippen LogP contribution in [0.25, 0.3) is 0 Å². The summed E-state index contributed by atoms with van der Waals surface area (Å²) >= 11 is 0. The number of nitrogen functional groups attached to an aromatic ring is 1. The fourth-order valence-electron chi connectivity index (χ4n) is 3.25. The lowest BCUT2D eigenvalue weighted by Crippen LogP contribution is -2.27. The summed E-state index contributed by atoms with van der Waals surface area (Å²) in [4.78, 5) is 21.3. The van der Waals surface area contributed by atoms with Crippen molar-refractivity contribution in [3.05, 3.63) is 41.1 Å². The van der Waals surface area contributed by atoms with E-state index < -0.39 is 17.6 Å². The van der Waals surface area contributed by atoms with Gasteiger partial charge in [-0.2, -0.15) is 0 Å². The summed E-state index contributed by atoms with van der Waals surface area (Å²) in [6, 6.07) is 7.49. The van der Waals surface area contributed by atoms with Crippen molar-refractivity contribution in [3.8, 4) is 0 Å². The van der Waals surface area contributed by atoms with Gasteiger partial charge in [-0.3, -0.25) is 4.79 Å². The van der Waals surface area contributed by atoms with Crippen LogP contribution in [0.3, 0.4) is 0 Å². The van der Waals surface area contributed by atoms with Crippen LogP contribution in [0.5, 0.6) is 0 Å². The summed E-state index contributed by atoms with van der Waals surface area (Å²) in [5.74, 6) is -0.434.